The van der Waals surface area contributed by atoms with E-state index in [-0.39, 0.29) is 12.7 Å². The van der Waals surface area contributed by atoms with Crippen LogP contribution in [0.15, 0.2) is 77.3 Å². The molecule has 1 aromatic heterocycles. The molecule has 0 N–H and O–H groups in total. The lowest BCUT2D eigenvalue weighted by Crippen LogP contribution is -2.31. The van der Waals surface area contributed by atoms with Crippen molar-refractivity contribution in [3.8, 4) is 22.8 Å². The third kappa shape index (κ3) is 4.77. The van der Waals surface area contributed by atoms with Gasteiger partial charge in [0.1, 0.15) is 5.69 Å². The molecular weight excluding hydrogens is 466 g/mol. The standard InChI is InChI=1S/C30H29N3O4/c1-21-9-12-24(13-10-21)29(34)33(18-22-11-14-26-27(17-22)36-20-35-26)19-25-28(23-7-3-2-4-8-23)31-37-30(25)32-15-5-6-16-32/h2-4,7-14,17H,5-6,15-16,18-20H2,1H3. The number of carbonyl (C=O) groups excluding carboxylic acids is 1. The van der Waals surface area contributed by atoms with Crippen LogP contribution in [0.3, 0.4) is 0 Å². The molecule has 0 atom stereocenters. The van der Waals surface area contributed by atoms with E-state index in [2.05, 4.69) is 10.1 Å². The van der Waals surface area contributed by atoms with E-state index in [1.807, 2.05) is 84.6 Å². The average Bonchev–Trinajstić information content (AvgIpc) is 3.69. The number of aryl methyl sites for hydroxylation is 1. The predicted molar refractivity (Wildman–Crippen MR) is 141 cm³/mol. The lowest BCUT2D eigenvalue weighted by molar-refractivity contribution is 0.0730. The van der Waals surface area contributed by atoms with Crippen LogP contribution >= 0.6 is 0 Å². The molecule has 0 unspecified atom stereocenters. The van der Waals surface area contributed by atoms with Crippen molar-refractivity contribution in [3.05, 3.63) is 95.1 Å². The first-order valence-electron chi connectivity index (χ1n) is 12.7. The van der Waals surface area contributed by atoms with E-state index in [1.165, 1.54) is 0 Å². The van der Waals surface area contributed by atoms with E-state index in [9.17, 15) is 4.79 Å². The summed E-state index contributed by atoms with van der Waals surface area (Å²) in [5, 5.41) is 4.49. The van der Waals surface area contributed by atoms with Gasteiger partial charge in [-0.05, 0) is 49.6 Å². The van der Waals surface area contributed by atoms with E-state index in [1.54, 1.807) is 0 Å². The van der Waals surface area contributed by atoms with E-state index >= 15 is 0 Å². The molecule has 7 nitrogen and oxygen atoms in total. The lowest BCUT2D eigenvalue weighted by atomic mass is 10.1. The van der Waals surface area contributed by atoms with Gasteiger partial charge in [0.05, 0.1) is 12.1 Å². The van der Waals surface area contributed by atoms with Gasteiger partial charge in [0.15, 0.2) is 11.5 Å². The zero-order valence-electron chi connectivity index (χ0n) is 20.9. The summed E-state index contributed by atoms with van der Waals surface area (Å²) in [5.41, 5.74) is 5.39. The molecule has 1 amide bonds. The molecule has 6 rings (SSSR count). The first-order chi connectivity index (χ1) is 18.2. The number of amides is 1. The number of anilines is 1. The third-order valence-corrected chi connectivity index (χ3v) is 6.95. The fourth-order valence-corrected chi connectivity index (χ4v) is 4.96. The quantitative estimate of drug-likeness (QED) is 0.322. The second kappa shape index (κ2) is 10.0. The number of hydrogen-bond acceptors (Lipinski definition) is 6. The zero-order chi connectivity index (χ0) is 25.2. The zero-order valence-corrected chi connectivity index (χ0v) is 20.9. The molecule has 0 aliphatic carbocycles. The number of nitrogens with zero attached hydrogens (tertiary/aromatic N) is 3. The van der Waals surface area contributed by atoms with Gasteiger partial charge >= 0.3 is 0 Å². The van der Waals surface area contributed by atoms with E-state index in [4.69, 9.17) is 14.0 Å². The van der Waals surface area contributed by atoms with Crippen molar-refractivity contribution in [2.24, 2.45) is 0 Å². The Morgan fingerprint density at radius 2 is 1.68 bits per heavy atom. The second-order valence-electron chi connectivity index (χ2n) is 9.59. The molecule has 0 saturated carbocycles. The van der Waals surface area contributed by atoms with E-state index in [0.29, 0.717) is 24.4 Å². The Labute approximate surface area is 216 Å². The summed E-state index contributed by atoms with van der Waals surface area (Å²) in [5.74, 6) is 2.13. The Hall–Kier alpha value is -4.26. The molecule has 0 spiro atoms. The molecule has 0 radical (unpaired) electrons. The van der Waals surface area contributed by atoms with Crippen LogP contribution in [0.1, 0.15) is 39.9 Å². The Kier molecular flexibility index (Phi) is 6.26. The number of benzene rings is 3. The number of hydrogen-bond donors (Lipinski definition) is 0. The van der Waals surface area contributed by atoms with Crippen LogP contribution < -0.4 is 14.4 Å². The van der Waals surface area contributed by atoms with E-state index < -0.39 is 0 Å². The minimum absolute atomic E-state index is 0.0507. The minimum Gasteiger partial charge on any atom is -0.454 e. The van der Waals surface area contributed by atoms with Crippen molar-refractivity contribution in [2.75, 3.05) is 24.8 Å². The van der Waals surface area contributed by atoms with Crippen molar-refractivity contribution in [3.63, 3.8) is 0 Å². The first-order valence-corrected chi connectivity index (χ1v) is 12.7. The fraction of sp³-hybridized carbons (Fsp3) is 0.267. The van der Waals surface area contributed by atoms with Gasteiger partial charge in [-0.2, -0.15) is 0 Å². The van der Waals surface area contributed by atoms with Gasteiger partial charge in [-0.15, -0.1) is 0 Å². The van der Waals surface area contributed by atoms with Crippen molar-refractivity contribution in [1.29, 1.82) is 0 Å². The summed E-state index contributed by atoms with van der Waals surface area (Å²) in [6.07, 6.45) is 2.23. The summed E-state index contributed by atoms with van der Waals surface area (Å²) in [6.45, 7) is 4.84. The van der Waals surface area contributed by atoms with Crippen molar-refractivity contribution >= 4 is 11.8 Å². The molecule has 7 heteroatoms. The van der Waals surface area contributed by atoms with Gasteiger partial charge in [-0.3, -0.25) is 4.79 Å². The molecular formula is C30H29N3O4. The predicted octanol–water partition coefficient (Wildman–Crippen LogP) is 5.82. The highest BCUT2D eigenvalue weighted by Gasteiger charge is 2.28. The second-order valence-corrected chi connectivity index (χ2v) is 9.59. The molecule has 2 aliphatic rings. The number of aromatic nitrogens is 1. The number of rotatable bonds is 7. The highest BCUT2D eigenvalue weighted by atomic mass is 16.7. The molecule has 2 aliphatic heterocycles. The Morgan fingerprint density at radius 3 is 2.46 bits per heavy atom. The SMILES string of the molecule is Cc1ccc(C(=O)N(Cc2ccc3c(c2)OCO3)Cc2c(-c3ccccc3)noc2N2CCCC2)cc1. The Balaban J connectivity index is 1.39. The Bertz CT molecular complexity index is 1390. The van der Waals surface area contributed by atoms with Crippen LogP contribution in [0.5, 0.6) is 11.5 Å². The topological polar surface area (TPSA) is 68.0 Å². The molecule has 1 saturated heterocycles. The summed E-state index contributed by atoms with van der Waals surface area (Å²) >= 11 is 0. The highest BCUT2D eigenvalue weighted by molar-refractivity contribution is 5.94. The number of ether oxygens (including phenoxy) is 2. The minimum atomic E-state index is -0.0507. The molecule has 0 bridgehead atoms. The van der Waals surface area contributed by atoms with E-state index in [0.717, 1.165) is 65.5 Å². The summed E-state index contributed by atoms with van der Waals surface area (Å²) in [6, 6.07) is 23.6. The summed E-state index contributed by atoms with van der Waals surface area (Å²) in [7, 11) is 0. The third-order valence-electron chi connectivity index (χ3n) is 6.95. The van der Waals surface area contributed by atoms with Gasteiger partial charge in [0, 0.05) is 30.8 Å². The fourth-order valence-electron chi connectivity index (χ4n) is 4.96. The van der Waals surface area contributed by atoms with Crippen LogP contribution in [0.25, 0.3) is 11.3 Å². The maximum atomic E-state index is 13.9. The smallest absolute Gasteiger partial charge is 0.254 e. The van der Waals surface area contributed by atoms with Crippen LogP contribution in [0.2, 0.25) is 0 Å². The van der Waals surface area contributed by atoms with Crippen LogP contribution in [-0.2, 0) is 13.1 Å². The molecule has 3 heterocycles. The maximum absolute atomic E-state index is 13.9. The molecule has 4 aromatic rings. The average molecular weight is 496 g/mol. The molecule has 37 heavy (non-hydrogen) atoms. The highest BCUT2D eigenvalue weighted by Crippen LogP contribution is 2.36. The maximum Gasteiger partial charge on any atom is 0.254 e. The van der Waals surface area contributed by atoms with Crippen molar-refractivity contribution in [2.45, 2.75) is 32.9 Å². The van der Waals surface area contributed by atoms with Crippen molar-refractivity contribution < 1.29 is 18.8 Å². The van der Waals surface area contributed by atoms with Gasteiger partial charge in [0.2, 0.25) is 12.7 Å². The first kappa shape index (κ1) is 23.2. The van der Waals surface area contributed by atoms with Gasteiger partial charge in [-0.25, -0.2) is 0 Å². The largest absolute Gasteiger partial charge is 0.454 e. The van der Waals surface area contributed by atoms with Crippen LogP contribution in [0.4, 0.5) is 5.88 Å². The van der Waals surface area contributed by atoms with Crippen LogP contribution in [-0.4, -0.2) is 35.8 Å². The molecule has 188 valence electrons. The molecule has 1 fully saturated rings. The Morgan fingerprint density at radius 1 is 0.919 bits per heavy atom. The normalized spacial score (nSPS) is 14.2. The van der Waals surface area contributed by atoms with Crippen molar-refractivity contribution in [1.82, 2.24) is 10.1 Å². The van der Waals surface area contributed by atoms with Crippen LogP contribution in [0, 0.1) is 6.92 Å². The number of carbonyl (C=O) groups is 1. The van der Waals surface area contributed by atoms with Gasteiger partial charge in [-0.1, -0.05) is 59.3 Å². The lowest BCUT2D eigenvalue weighted by Gasteiger charge is -2.25. The molecule has 3 aromatic carbocycles. The summed E-state index contributed by atoms with van der Waals surface area (Å²) < 4.78 is 17.0. The van der Waals surface area contributed by atoms with Gasteiger partial charge < -0.3 is 23.8 Å². The monoisotopic (exact) mass is 495 g/mol. The van der Waals surface area contributed by atoms with Gasteiger partial charge in [0.25, 0.3) is 5.91 Å². The number of fused-ring (bicyclic) bond motifs is 1. The summed E-state index contributed by atoms with van der Waals surface area (Å²) in [4.78, 5) is 18.0.